The van der Waals surface area contributed by atoms with E-state index in [0.717, 1.165) is 0 Å². The summed E-state index contributed by atoms with van der Waals surface area (Å²) in [5, 5.41) is 10.8. The first-order valence-corrected chi connectivity index (χ1v) is 7.89. The molecule has 0 unspecified atom stereocenters. The van der Waals surface area contributed by atoms with Crippen LogP contribution in [-0.2, 0) is 0 Å². The first kappa shape index (κ1) is 17.5. The Morgan fingerprint density at radius 1 is 1.43 bits per heavy atom. The van der Waals surface area contributed by atoms with Crippen LogP contribution < -0.4 is 11.0 Å². The molecule has 1 aromatic carbocycles. The molecule has 0 saturated carbocycles. The van der Waals surface area contributed by atoms with E-state index >= 15 is 0 Å². The zero-order chi connectivity index (χ0) is 17.2. The van der Waals surface area contributed by atoms with Gasteiger partial charge in [0.2, 0.25) is 0 Å². The molecule has 0 bridgehead atoms. The van der Waals surface area contributed by atoms with Crippen LogP contribution >= 0.6 is 11.6 Å². The molecule has 0 amide bonds. The van der Waals surface area contributed by atoms with E-state index in [1.807, 2.05) is 26.8 Å². The van der Waals surface area contributed by atoms with Crippen LogP contribution in [0.25, 0.3) is 10.9 Å². The van der Waals surface area contributed by atoms with Crippen molar-refractivity contribution in [1.82, 2.24) is 9.66 Å². The second kappa shape index (κ2) is 6.72. The van der Waals surface area contributed by atoms with Crippen LogP contribution in [0, 0.1) is 5.41 Å². The van der Waals surface area contributed by atoms with Gasteiger partial charge in [-0.1, -0.05) is 39.0 Å². The van der Waals surface area contributed by atoms with Gasteiger partial charge in [0.15, 0.2) is 5.82 Å². The Kier molecular flexibility index (Phi) is 5.12. The number of benzene rings is 1. The average Bonchev–Trinajstić information content (AvgIpc) is 2.51. The lowest BCUT2D eigenvalue weighted by Gasteiger charge is -2.28. The number of para-hydroxylation sites is 1. The lowest BCUT2D eigenvalue weighted by molar-refractivity contribution is 0.0518. The molecule has 0 aliphatic carbocycles. The van der Waals surface area contributed by atoms with Crippen molar-refractivity contribution in [3.63, 3.8) is 0 Å². The number of halogens is 1. The molecule has 23 heavy (non-hydrogen) atoms. The van der Waals surface area contributed by atoms with Crippen LogP contribution in [0.1, 0.15) is 32.7 Å². The van der Waals surface area contributed by atoms with Crippen LogP contribution in [0.15, 0.2) is 41.7 Å². The molecule has 0 aliphatic rings. The minimum absolute atomic E-state index is 0.262. The van der Waals surface area contributed by atoms with Crippen molar-refractivity contribution < 1.29 is 5.11 Å². The van der Waals surface area contributed by atoms with Gasteiger partial charge in [0, 0.05) is 0 Å². The number of aromatic nitrogens is 2. The minimum atomic E-state index is -0.912. The molecule has 0 radical (unpaired) electrons. The van der Waals surface area contributed by atoms with Gasteiger partial charge in [-0.15, -0.1) is 18.2 Å². The summed E-state index contributed by atoms with van der Waals surface area (Å²) in [6, 6.07) is 7.06. The van der Waals surface area contributed by atoms with Crippen molar-refractivity contribution in [2.24, 2.45) is 5.41 Å². The summed E-state index contributed by atoms with van der Waals surface area (Å²) < 4.78 is 1.29. The first-order chi connectivity index (χ1) is 10.8. The van der Waals surface area contributed by atoms with Gasteiger partial charge in [-0.3, -0.25) is 4.79 Å². The predicted molar refractivity (Wildman–Crippen MR) is 94.5 cm³/mol. The largest absolute Gasteiger partial charge is 0.385 e. The zero-order valence-corrected chi connectivity index (χ0v) is 14.3. The zero-order valence-electron chi connectivity index (χ0n) is 13.6. The Morgan fingerprint density at radius 2 is 2.09 bits per heavy atom. The fourth-order valence-electron chi connectivity index (χ4n) is 2.14. The van der Waals surface area contributed by atoms with Gasteiger partial charge in [-0.2, -0.15) is 0 Å². The maximum atomic E-state index is 12.8. The molecule has 2 rings (SSSR count). The van der Waals surface area contributed by atoms with Gasteiger partial charge >= 0.3 is 0 Å². The number of fused-ring (bicyclic) bond motifs is 1. The van der Waals surface area contributed by atoms with E-state index in [1.165, 1.54) is 4.68 Å². The highest BCUT2D eigenvalue weighted by molar-refractivity contribution is 6.22. The van der Waals surface area contributed by atoms with E-state index in [0.29, 0.717) is 17.4 Å². The van der Waals surface area contributed by atoms with Crippen LogP contribution in [0.4, 0.5) is 0 Å². The summed E-state index contributed by atoms with van der Waals surface area (Å²) in [5.41, 5.74) is 2.78. The third kappa shape index (κ3) is 3.74. The molecule has 2 N–H and O–H groups in total. The van der Waals surface area contributed by atoms with E-state index in [9.17, 15) is 9.90 Å². The summed E-state index contributed by atoms with van der Waals surface area (Å²) in [6.45, 7) is 9.58. The molecular weight excluding hydrogens is 314 g/mol. The molecule has 1 aromatic heterocycles. The molecule has 0 fully saturated rings. The van der Waals surface area contributed by atoms with Crippen molar-refractivity contribution in [3.8, 4) is 0 Å². The van der Waals surface area contributed by atoms with Gasteiger partial charge in [0.05, 0.1) is 22.8 Å². The van der Waals surface area contributed by atoms with E-state index in [1.54, 1.807) is 24.3 Å². The Balaban J connectivity index is 2.62. The maximum Gasteiger partial charge on any atom is 0.280 e. The second-order valence-corrected chi connectivity index (χ2v) is 7.07. The van der Waals surface area contributed by atoms with Gasteiger partial charge in [-0.05, 0) is 17.5 Å². The first-order valence-electron chi connectivity index (χ1n) is 7.46. The third-order valence-electron chi connectivity index (χ3n) is 3.57. The number of hydrogen-bond donors (Lipinski definition) is 2. The third-order valence-corrected chi connectivity index (χ3v) is 3.90. The van der Waals surface area contributed by atoms with Gasteiger partial charge in [-0.25, -0.2) is 9.66 Å². The lowest BCUT2D eigenvalue weighted by atomic mass is 9.88. The van der Waals surface area contributed by atoms with Gasteiger partial charge in [0.25, 0.3) is 5.56 Å². The van der Waals surface area contributed by atoms with Gasteiger partial charge in [0.1, 0.15) is 6.10 Å². The Morgan fingerprint density at radius 3 is 2.70 bits per heavy atom. The SMILES string of the molecule is C=C[C@H](Cl)CNn1c([C@@H](O)C(C)(C)C)nc2ccccc2c1=O. The lowest BCUT2D eigenvalue weighted by Crippen LogP contribution is -2.38. The summed E-state index contributed by atoms with van der Waals surface area (Å²) in [4.78, 5) is 17.2. The Bertz CT molecular complexity index is 765. The minimum Gasteiger partial charge on any atom is -0.385 e. The van der Waals surface area contributed by atoms with Crippen molar-refractivity contribution in [1.29, 1.82) is 0 Å². The summed E-state index contributed by atoms with van der Waals surface area (Å²) in [7, 11) is 0. The van der Waals surface area contributed by atoms with Crippen LogP contribution in [0.3, 0.4) is 0 Å². The monoisotopic (exact) mass is 335 g/mol. The fraction of sp³-hybridized carbons (Fsp3) is 0.412. The number of rotatable bonds is 5. The smallest absolute Gasteiger partial charge is 0.280 e. The second-order valence-electron chi connectivity index (χ2n) is 6.51. The number of aliphatic hydroxyl groups is 1. The summed E-state index contributed by atoms with van der Waals surface area (Å²) >= 11 is 6.03. The Hall–Kier alpha value is -1.85. The highest BCUT2D eigenvalue weighted by Gasteiger charge is 2.29. The number of nitrogens with zero attached hydrogens (tertiary/aromatic N) is 2. The quantitative estimate of drug-likeness (QED) is 0.651. The summed E-state index contributed by atoms with van der Waals surface area (Å²) in [6.07, 6.45) is 0.665. The standard InChI is InChI=1S/C17H22ClN3O2/c1-5-11(18)10-19-21-15(14(22)17(2,3)4)20-13-9-7-6-8-12(13)16(21)23/h5-9,11,14,19,22H,1,10H2,2-4H3/t11-,14+/m0/s1. The molecule has 2 atom stereocenters. The van der Waals surface area contributed by atoms with Crippen LogP contribution in [0.5, 0.6) is 0 Å². The predicted octanol–water partition coefficient (Wildman–Crippen LogP) is 2.81. The van der Waals surface area contributed by atoms with Crippen molar-refractivity contribution in [2.75, 3.05) is 12.0 Å². The molecule has 0 spiro atoms. The number of alkyl halides is 1. The molecule has 1 heterocycles. The molecule has 6 heteroatoms. The highest BCUT2D eigenvalue weighted by Crippen LogP contribution is 2.31. The molecular formula is C17H22ClN3O2. The summed E-state index contributed by atoms with van der Waals surface area (Å²) in [5.74, 6) is 0.272. The van der Waals surface area contributed by atoms with E-state index in [4.69, 9.17) is 11.6 Å². The fourth-order valence-corrected chi connectivity index (χ4v) is 2.20. The normalized spacial score (nSPS) is 14.5. The van der Waals surface area contributed by atoms with Gasteiger partial charge < -0.3 is 10.5 Å². The molecule has 0 saturated heterocycles. The maximum absolute atomic E-state index is 12.8. The highest BCUT2D eigenvalue weighted by atomic mass is 35.5. The molecule has 5 nitrogen and oxygen atoms in total. The molecule has 0 aliphatic heterocycles. The van der Waals surface area contributed by atoms with E-state index in [2.05, 4.69) is 17.0 Å². The Labute approximate surface area is 140 Å². The average molecular weight is 336 g/mol. The van der Waals surface area contributed by atoms with E-state index in [-0.39, 0.29) is 16.8 Å². The van der Waals surface area contributed by atoms with Crippen molar-refractivity contribution >= 4 is 22.5 Å². The van der Waals surface area contributed by atoms with E-state index < -0.39 is 11.5 Å². The number of nitrogens with one attached hydrogen (secondary N) is 1. The molecule has 2 aromatic rings. The van der Waals surface area contributed by atoms with Crippen LogP contribution in [-0.4, -0.2) is 26.7 Å². The van der Waals surface area contributed by atoms with Crippen LogP contribution in [0.2, 0.25) is 0 Å². The van der Waals surface area contributed by atoms with Crippen molar-refractivity contribution in [3.05, 3.63) is 53.1 Å². The van der Waals surface area contributed by atoms with Crippen molar-refractivity contribution in [2.45, 2.75) is 32.3 Å². The number of aliphatic hydroxyl groups excluding tert-OH is 1. The topological polar surface area (TPSA) is 67.2 Å². The number of hydrogen-bond acceptors (Lipinski definition) is 4. The molecule has 124 valence electrons.